The Balaban J connectivity index is 1.84. The molecule has 1 aromatic carbocycles. The largest absolute Gasteiger partial charge is 0.484 e. The van der Waals surface area contributed by atoms with Crippen molar-refractivity contribution in [3.63, 3.8) is 0 Å². The second kappa shape index (κ2) is 6.05. The lowest BCUT2D eigenvalue weighted by Gasteiger charge is -2.13. The van der Waals surface area contributed by atoms with Crippen LogP contribution in [0.4, 0.5) is 5.69 Å². The molecule has 0 saturated heterocycles. The normalized spacial score (nSPS) is 11.9. The molecule has 2 aromatic rings. The van der Waals surface area contributed by atoms with E-state index in [9.17, 15) is 4.79 Å². The first-order valence-corrected chi connectivity index (χ1v) is 6.18. The molecule has 7 nitrogen and oxygen atoms in total. The fourth-order valence-electron chi connectivity index (χ4n) is 1.74. The van der Waals surface area contributed by atoms with Crippen LogP contribution in [0.3, 0.4) is 0 Å². The summed E-state index contributed by atoms with van der Waals surface area (Å²) >= 11 is 0. The van der Waals surface area contributed by atoms with Gasteiger partial charge in [0.25, 0.3) is 5.91 Å². The van der Waals surface area contributed by atoms with Crippen LogP contribution in [0, 0.1) is 0 Å². The third-order valence-electron chi connectivity index (χ3n) is 2.76. The number of rotatable bonds is 5. The van der Waals surface area contributed by atoms with Crippen molar-refractivity contribution in [3.8, 4) is 5.75 Å². The Morgan fingerprint density at radius 1 is 1.45 bits per heavy atom. The van der Waals surface area contributed by atoms with Gasteiger partial charge < -0.3 is 20.4 Å². The van der Waals surface area contributed by atoms with Gasteiger partial charge in [-0.1, -0.05) is 0 Å². The maximum Gasteiger partial charge on any atom is 0.258 e. The minimum atomic E-state index is -0.231. The molecule has 0 bridgehead atoms. The van der Waals surface area contributed by atoms with Crippen LogP contribution < -0.4 is 15.8 Å². The molecule has 20 heavy (non-hydrogen) atoms. The number of anilines is 1. The summed E-state index contributed by atoms with van der Waals surface area (Å²) in [6.45, 7) is 1.78. The summed E-state index contributed by atoms with van der Waals surface area (Å²) in [7, 11) is 1.82. The van der Waals surface area contributed by atoms with Crippen LogP contribution in [0.25, 0.3) is 0 Å². The number of carbonyl (C=O) groups excluding carboxylic acids is 1. The Morgan fingerprint density at radius 2 is 2.15 bits per heavy atom. The SMILES string of the molecule is CC(NC(=O)COc1ccc(N)cc1)c1nncn1C. The number of nitrogen functional groups attached to an aromatic ring is 1. The van der Waals surface area contributed by atoms with E-state index in [1.807, 2.05) is 14.0 Å². The van der Waals surface area contributed by atoms with E-state index in [0.717, 1.165) is 0 Å². The smallest absolute Gasteiger partial charge is 0.258 e. The standard InChI is InChI=1S/C13H17N5O2/c1-9(13-17-15-8-18(13)2)16-12(19)7-20-11-5-3-10(14)4-6-11/h3-6,8-9H,7,14H2,1-2H3,(H,16,19). The van der Waals surface area contributed by atoms with E-state index in [0.29, 0.717) is 17.3 Å². The van der Waals surface area contributed by atoms with Gasteiger partial charge >= 0.3 is 0 Å². The number of nitrogens with one attached hydrogen (secondary N) is 1. The van der Waals surface area contributed by atoms with Gasteiger partial charge in [-0.3, -0.25) is 4.79 Å². The monoisotopic (exact) mass is 275 g/mol. The molecular formula is C13H17N5O2. The molecule has 0 radical (unpaired) electrons. The zero-order valence-corrected chi connectivity index (χ0v) is 11.4. The molecule has 1 heterocycles. The number of hydrogen-bond donors (Lipinski definition) is 2. The zero-order valence-electron chi connectivity index (χ0n) is 11.4. The van der Waals surface area contributed by atoms with E-state index in [2.05, 4.69) is 15.5 Å². The number of nitrogens with two attached hydrogens (primary N) is 1. The summed E-state index contributed by atoms with van der Waals surface area (Å²) in [6, 6.07) is 6.64. The maximum absolute atomic E-state index is 11.8. The number of ether oxygens (including phenoxy) is 1. The molecule has 1 unspecified atom stereocenters. The van der Waals surface area contributed by atoms with E-state index in [1.165, 1.54) is 0 Å². The summed E-state index contributed by atoms with van der Waals surface area (Å²) in [5.74, 6) is 1.06. The summed E-state index contributed by atoms with van der Waals surface area (Å²) < 4.78 is 7.12. The predicted molar refractivity (Wildman–Crippen MR) is 73.9 cm³/mol. The van der Waals surface area contributed by atoms with Crippen molar-refractivity contribution in [1.29, 1.82) is 0 Å². The van der Waals surface area contributed by atoms with Gasteiger partial charge in [0.15, 0.2) is 12.4 Å². The van der Waals surface area contributed by atoms with Crippen LogP contribution >= 0.6 is 0 Å². The highest BCUT2D eigenvalue weighted by Crippen LogP contribution is 2.13. The molecule has 106 valence electrons. The lowest BCUT2D eigenvalue weighted by Crippen LogP contribution is -2.32. The summed E-state index contributed by atoms with van der Waals surface area (Å²) in [4.78, 5) is 11.8. The van der Waals surface area contributed by atoms with Crippen molar-refractivity contribution in [2.24, 2.45) is 7.05 Å². The highest BCUT2D eigenvalue weighted by molar-refractivity contribution is 5.77. The number of aryl methyl sites for hydroxylation is 1. The van der Waals surface area contributed by atoms with Crippen LogP contribution in [0.1, 0.15) is 18.8 Å². The zero-order chi connectivity index (χ0) is 14.5. The number of carbonyl (C=O) groups is 1. The molecule has 7 heteroatoms. The molecule has 0 aliphatic rings. The molecule has 0 fully saturated rings. The third-order valence-corrected chi connectivity index (χ3v) is 2.76. The quantitative estimate of drug-likeness (QED) is 0.781. The first-order valence-electron chi connectivity index (χ1n) is 6.18. The molecule has 0 aliphatic carbocycles. The Labute approximate surface area is 116 Å². The van der Waals surface area contributed by atoms with Crippen molar-refractivity contribution < 1.29 is 9.53 Å². The van der Waals surface area contributed by atoms with Crippen molar-refractivity contribution in [1.82, 2.24) is 20.1 Å². The van der Waals surface area contributed by atoms with Crippen LogP contribution in [0.2, 0.25) is 0 Å². The third kappa shape index (κ3) is 3.47. The first kappa shape index (κ1) is 13.9. The molecule has 1 atom stereocenters. The topological polar surface area (TPSA) is 95.1 Å². The van der Waals surface area contributed by atoms with Crippen molar-refractivity contribution in [2.45, 2.75) is 13.0 Å². The minimum absolute atomic E-state index is 0.0634. The summed E-state index contributed by atoms with van der Waals surface area (Å²) in [6.07, 6.45) is 1.59. The van der Waals surface area contributed by atoms with Gasteiger partial charge in [-0.25, -0.2) is 0 Å². The Morgan fingerprint density at radius 3 is 2.75 bits per heavy atom. The number of amides is 1. The number of aromatic nitrogens is 3. The summed E-state index contributed by atoms with van der Waals surface area (Å²) in [5.41, 5.74) is 6.22. The average molecular weight is 275 g/mol. The van der Waals surface area contributed by atoms with E-state index < -0.39 is 0 Å². The van der Waals surface area contributed by atoms with Crippen LogP contribution in [-0.2, 0) is 11.8 Å². The van der Waals surface area contributed by atoms with Crippen molar-refractivity contribution in [2.75, 3.05) is 12.3 Å². The van der Waals surface area contributed by atoms with Gasteiger partial charge in [-0.05, 0) is 31.2 Å². The van der Waals surface area contributed by atoms with Crippen molar-refractivity contribution in [3.05, 3.63) is 36.4 Å². The number of benzene rings is 1. The molecule has 0 spiro atoms. The summed E-state index contributed by atoms with van der Waals surface area (Å²) in [5, 5.41) is 10.5. The molecule has 3 N–H and O–H groups in total. The van der Waals surface area contributed by atoms with E-state index >= 15 is 0 Å². The van der Waals surface area contributed by atoms with Gasteiger partial charge in [0.2, 0.25) is 0 Å². The lowest BCUT2D eigenvalue weighted by molar-refractivity contribution is -0.123. The van der Waals surface area contributed by atoms with Crippen molar-refractivity contribution >= 4 is 11.6 Å². The maximum atomic E-state index is 11.8. The fourth-order valence-corrected chi connectivity index (χ4v) is 1.74. The second-order valence-electron chi connectivity index (χ2n) is 4.45. The average Bonchev–Trinajstić information content (AvgIpc) is 2.84. The highest BCUT2D eigenvalue weighted by Gasteiger charge is 2.14. The van der Waals surface area contributed by atoms with E-state index in [4.69, 9.17) is 10.5 Å². The molecule has 0 saturated carbocycles. The van der Waals surface area contributed by atoms with Crippen LogP contribution in [-0.4, -0.2) is 27.3 Å². The van der Waals surface area contributed by atoms with Gasteiger partial charge in [0.05, 0.1) is 6.04 Å². The first-order chi connectivity index (χ1) is 9.56. The van der Waals surface area contributed by atoms with Gasteiger partial charge in [-0.15, -0.1) is 10.2 Å². The fraction of sp³-hybridized carbons (Fsp3) is 0.308. The molecule has 0 aliphatic heterocycles. The van der Waals surface area contributed by atoms with E-state index in [-0.39, 0.29) is 18.6 Å². The number of nitrogens with zero attached hydrogens (tertiary/aromatic N) is 3. The number of hydrogen-bond acceptors (Lipinski definition) is 5. The predicted octanol–water partition coefficient (Wildman–Crippen LogP) is 0.653. The lowest BCUT2D eigenvalue weighted by atomic mass is 10.3. The van der Waals surface area contributed by atoms with Gasteiger partial charge in [-0.2, -0.15) is 0 Å². The Bertz CT molecular complexity index is 579. The minimum Gasteiger partial charge on any atom is -0.484 e. The Kier molecular flexibility index (Phi) is 4.19. The van der Waals surface area contributed by atoms with Crippen LogP contribution in [0.5, 0.6) is 5.75 Å². The van der Waals surface area contributed by atoms with Crippen LogP contribution in [0.15, 0.2) is 30.6 Å². The second-order valence-corrected chi connectivity index (χ2v) is 4.45. The molecule has 1 amide bonds. The highest BCUT2D eigenvalue weighted by atomic mass is 16.5. The molecular weight excluding hydrogens is 258 g/mol. The van der Waals surface area contributed by atoms with Gasteiger partial charge in [0.1, 0.15) is 12.1 Å². The van der Waals surface area contributed by atoms with Gasteiger partial charge in [0, 0.05) is 12.7 Å². The molecule has 1 aromatic heterocycles. The molecule has 2 rings (SSSR count). The van der Waals surface area contributed by atoms with E-state index in [1.54, 1.807) is 35.2 Å². The Hall–Kier alpha value is -2.57.